The van der Waals surface area contributed by atoms with Crippen LogP contribution in [0.25, 0.3) is 0 Å². The van der Waals surface area contributed by atoms with Gasteiger partial charge in [0.25, 0.3) is 6.17 Å². The summed E-state index contributed by atoms with van der Waals surface area (Å²) in [6.45, 7) is 1.08. The maximum Gasteiger partial charge on any atom is 0.270 e. The summed E-state index contributed by atoms with van der Waals surface area (Å²) < 4.78 is 23.2. The van der Waals surface area contributed by atoms with Gasteiger partial charge in [0.1, 0.15) is 5.25 Å². The highest BCUT2D eigenvalue weighted by molar-refractivity contribution is 7.93. The van der Waals surface area contributed by atoms with Crippen LogP contribution in [0.5, 0.6) is 0 Å². The van der Waals surface area contributed by atoms with Gasteiger partial charge in [0.15, 0.2) is 9.84 Å². The van der Waals surface area contributed by atoms with E-state index in [1.807, 2.05) is 18.2 Å². The zero-order chi connectivity index (χ0) is 16.9. The van der Waals surface area contributed by atoms with E-state index in [9.17, 15) is 18.5 Å². The number of hydrogen-bond donors (Lipinski definition) is 0. The summed E-state index contributed by atoms with van der Waals surface area (Å²) in [6.07, 6.45) is 3.44. The van der Waals surface area contributed by atoms with Crippen LogP contribution in [0.3, 0.4) is 0 Å². The molecule has 1 aromatic rings. The first-order valence-corrected chi connectivity index (χ1v) is 9.73. The molecule has 1 aliphatic rings. The van der Waals surface area contributed by atoms with Crippen LogP contribution in [0.4, 0.5) is 0 Å². The van der Waals surface area contributed by atoms with Crippen LogP contribution in [0.15, 0.2) is 30.3 Å². The van der Waals surface area contributed by atoms with Crippen LogP contribution >= 0.6 is 0 Å². The second-order valence-corrected chi connectivity index (χ2v) is 8.13. The highest BCUT2D eigenvalue weighted by atomic mass is 32.2. The number of hydrogen-bond acceptors (Lipinski definition) is 5. The Morgan fingerprint density at radius 2 is 1.96 bits per heavy atom. The van der Waals surface area contributed by atoms with E-state index in [0.29, 0.717) is 24.8 Å². The highest BCUT2D eigenvalue weighted by Gasteiger charge is 2.40. The van der Waals surface area contributed by atoms with Gasteiger partial charge in [-0.3, -0.25) is 10.1 Å². The first-order valence-electron chi connectivity index (χ1n) is 7.84. The molecule has 1 aliphatic heterocycles. The molecule has 2 rings (SSSR count). The molecule has 127 valence electrons. The van der Waals surface area contributed by atoms with Crippen molar-refractivity contribution >= 4 is 9.84 Å². The van der Waals surface area contributed by atoms with Crippen molar-refractivity contribution in [3.8, 4) is 0 Å². The van der Waals surface area contributed by atoms with Gasteiger partial charge in [-0.1, -0.05) is 30.3 Å². The third-order valence-corrected chi connectivity index (χ3v) is 5.70. The molecule has 23 heavy (non-hydrogen) atoms. The lowest BCUT2D eigenvalue weighted by Gasteiger charge is -2.32. The molecule has 0 aromatic heterocycles. The Labute approximate surface area is 137 Å². The van der Waals surface area contributed by atoms with Crippen molar-refractivity contribution in [2.24, 2.45) is 0 Å². The van der Waals surface area contributed by atoms with E-state index in [0.717, 1.165) is 25.5 Å². The minimum atomic E-state index is -3.29. The Kier molecular flexibility index (Phi) is 6.12. The minimum Gasteiger partial charge on any atom is -0.263 e. The van der Waals surface area contributed by atoms with Crippen LogP contribution in [0, 0.1) is 15.4 Å². The second kappa shape index (κ2) is 7.88. The lowest BCUT2D eigenvalue weighted by molar-refractivity contribution is -0.552. The standard InChI is InChI=1S/C16H23N2O4S/c1-23(21,22)15-10-12-17(16(13-15)18(19)20)11-6-5-9-14-7-3-2-4-8-14/h2-4,7-8,16H,5-6,9-13H2,1H3. The number of likely N-dealkylation sites (tertiary alicyclic amines) is 1. The summed E-state index contributed by atoms with van der Waals surface area (Å²) >= 11 is 0. The minimum absolute atomic E-state index is 0.0184. The molecular formula is C16H23N2O4S. The van der Waals surface area contributed by atoms with Crippen molar-refractivity contribution in [3.63, 3.8) is 0 Å². The van der Waals surface area contributed by atoms with E-state index in [-0.39, 0.29) is 11.3 Å². The molecule has 7 heteroatoms. The zero-order valence-corrected chi connectivity index (χ0v) is 14.2. The van der Waals surface area contributed by atoms with E-state index in [4.69, 9.17) is 0 Å². The summed E-state index contributed by atoms with van der Waals surface area (Å²) in [5.74, 6) is 0. The summed E-state index contributed by atoms with van der Waals surface area (Å²) in [5.41, 5.74) is 1.27. The van der Waals surface area contributed by atoms with Gasteiger partial charge in [-0.25, -0.2) is 13.3 Å². The topological polar surface area (TPSA) is 80.5 Å². The first kappa shape index (κ1) is 17.9. The van der Waals surface area contributed by atoms with E-state index in [1.165, 1.54) is 5.56 Å². The van der Waals surface area contributed by atoms with Crippen molar-refractivity contribution in [2.45, 2.75) is 38.3 Å². The molecule has 0 spiro atoms. The molecule has 0 aliphatic carbocycles. The largest absolute Gasteiger partial charge is 0.270 e. The van der Waals surface area contributed by atoms with Crippen LogP contribution in [-0.4, -0.2) is 43.8 Å². The molecule has 1 radical (unpaired) electrons. The number of aryl methyl sites for hydroxylation is 1. The maximum absolute atomic E-state index is 11.6. The Hall–Kier alpha value is -1.47. The maximum atomic E-state index is 11.6. The zero-order valence-electron chi connectivity index (χ0n) is 13.3. The van der Waals surface area contributed by atoms with Gasteiger partial charge in [-0.05, 0) is 31.2 Å². The van der Waals surface area contributed by atoms with E-state index in [1.54, 1.807) is 4.90 Å². The van der Waals surface area contributed by atoms with E-state index < -0.39 is 16.0 Å². The van der Waals surface area contributed by atoms with Gasteiger partial charge in [0.2, 0.25) is 0 Å². The van der Waals surface area contributed by atoms with E-state index >= 15 is 0 Å². The first-order chi connectivity index (χ1) is 10.9. The number of piperidine rings is 1. The van der Waals surface area contributed by atoms with Crippen LogP contribution < -0.4 is 0 Å². The SMILES string of the molecule is CS(=O)(=O)[C]1CCN(CCCCc2ccccc2)C([N+](=O)[O-])C1. The fourth-order valence-corrected chi connectivity index (χ4v) is 3.86. The van der Waals surface area contributed by atoms with Crippen molar-refractivity contribution < 1.29 is 13.3 Å². The summed E-state index contributed by atoms with van der Waals surface area (Å²) in [6, 6.07) is 10.1. The number of nitro groups is 1. The third-order valence-electron chi connectivity index (χ3n) is 4.28. The predicted molar refractivity (Wildman–Crippen MR) is 89.1 cm³/mol. The molecule has 1 heterocycles. The molecule has 0 bridgehead atoms. The Balaban J connectivity index is 1.83. The Morgan fingerprint density at radius 3 is 2.57 bits per heavy atom. The summed E-state index contributed by atoms with van der Waals surface area (Å²) in [5, 5.41) is 11.6. The summed E-state index contributed by atoms with van der Waals surface area (Å²) in [4.78, 5) is 12.7. The predicted octanol–water partition coefficient (Wildman–Crippen LogP) is 2.28. The molecule has 0 amide bonds. The van der Waals surface area contributed by atoms with Gasteiger partial charge in [-0.15, -0.1) is 0 Å². The number of unbranched alkanes of at least 4 members (excludes halogenated alkanes) is 1. The average Bonchev–Trinajstić information content (AvgIpc) is 2.51. The van der Waals surface area contributed by atoms with Crippen molar-refractivity contribution in [3.05, 3.63) is 51.3 Å². The Morgan fingerprint density at radius 1 is 1.26 bits per heavy atom. The van der Waals surface area contributed by atoms with Crippen LogP contribution in [-0.2, 0) is 16.3 Å². The van der Waals surface area contributed by atoms with Crippen LogP contribution in [0.2, 0.25) is 0 Å². The van der Waals surface area contributed by atoms with Gasteiger partial charge >= 0.3 is 0 Å². The molecule has 0 saturated carbocycles. The van der Waals surface area contributed by atoms with E-state index in [2.05, 4.69) is 12.1 Å². The molecule has 1 atom stereocenters. The highest BCUT2D eigenvalue weighted by Crippen LogP contribution is 2.29. The van der Waals surface area contributed by atoms with Gasteiger partial charge in [-0.2, -0.15) is 0 Å². The lowest BCUT2D eigenvalue weighted by atomic mass is 10.1. The third kappa shape index (κ3) is 5.28. The number of benzene rings is 1. The van der Waals surface area contributed by atoms with Crippen molar-refractivity contribution in [1.82, 2.24) is 4.90 Å². The van der Waals surface area contributed by atoms with Gasteiger partial charge < -0.3 is 0 Å². The molecule has 1 saturated heterocycles. The number of nitrogens with zero attached hydrogens (tertiary/aromatic N) is 2. The average molecular weight is 339 g/mol. The fourth-order valence-electron chi connectivity index (χ4n) is 2.95. The van der Waals surface area contributed by atoms with Gasteiger partial charge in [0, 0.05) is 24.3 Å². The quantitative estimate of drug-likeness (QED) is 0.432. The Bertz CT molecular complexity index is 618. The smallest absolute Gasteiger partial charge is 0.263 e. The monoisotopic (exact) mass is 339 g/mol. The molecule has 6 nitrogen and oxygen atoms in total. The van der Waals surface area contributed by atoms with Crippen LogP contribution in [0.1, 0.15) is 31.2 Å². The summed E-state index contributed by atoms with van der Waals surface area (Å²) in [7, 11) is -3.29. The number of sulfone groups is 1. The molecule has 1 unspecified atom stereocenters. The second-order valence-electron chi connectivity index (χ2n) is 6.01. The molecular weight excluding hydrogens is 316 g/mol. The molecule has 0 N–H and O–H groups in total. The molecule has 1 fully saturated rings. The lowest BCUT2D eigenvalue weighted by Crippen LogP contribution is -2.48. The fraction of sp³-hybridized carbons (Fsp3) is 0.562. The van der Waals surface area contributed by atoms with Crippen molar-refractivity contribution in [2.75, 3.05) is 19.3 Å². The molecule has 1 aromatic carbocycles. The normalized spacial score (nSPS) is 20.5. The number of rotatable bonds is 7. The van der Waals surface area contributed by atoms with Gasteiger partial charge in [0.05, 0.1) is 6.42 Å². The van der Waals surface area contributed by atoms with Crippen molar-refractivity contribution in [1.29, 1.82) is 0 Å².